The number of ketones is 2. The number of carbonyl (C=O) groups excluding carboxylic acids is 4. The molecule has 1 saturated carbocycles. The molecule has 39 heavy (non-hydrogen) atoms. The van der Waals surface area contributed by atoms with Gasteiger partial charge in [-0.15, -0.1) is 0 Å². The van der Waals surface area contributed by atoms with Crippen molar-refractivity contribution in [1.82, 2.24) is 0 Å². The average molecular weight is 532 g/mol. The average Bonchev–Trinajstić information content (AvgIpc) is 2.90. The maximum Gasteiger partial charge on any atom is 0.305 e. The number of amides is 1. The summed E-state index contributed by atoms with van der Waals surface area (Å²) in [7, 11) is 0. The topological polar surface area (TPSA) is 184 Å². The van der Waals surface area contributed by atoms with Crippen LogP contribution in [-0.4, -0.2) is 55.6 Å². The molecule has 2 aromatic rings. The maximum absolute atomic E-state index is 14.1. The number of hydrogen-bond acceptors (Lipinski definition) is 9. The van der Waals surface area contributed by atoms with Gasteiger partial charge in [-0.1, -0.05) is 55.5 Å². The second-order valence-electron chi connectivity index (χ2n) is 9.68. The van der Waals surface area contributed by atoms with Gasteiger partial charge in [0, 0.05) is 18.8 Å². The molecule has 4 atom stereocenters. The lowest BCUT2D eigenvalue weighted by atomic mass is 9.56. The summed E-state index contributed by atoms with van der Waals surface area (Å²) in [4.78, 5) is 51.6. The largest absolute Gasteiger partial charge is 0.508 e. The number of aliphatic hydroxyl groups excluding tert-OH is 2. The molecule has 0 heterocycles. The van der Waals surface area contributed by atoms with Gasteiger partial charge in [0.1, 0.15) is 28.9 Å². The van der Waals surface area contributed by atoms with Crippen molar-refractivity contribution in [2.45, 2.75) is 31.5 Å². The van der Waals surface area contributed by atoms with Gasteiger partial charge in [-0.25, -0.2) is 0 Å². The number of aromatic hydroxyl groups is 1. The number of primary amides is 1. The van der Waals surface area contributed by atoms with Gasteiger partial charge in [-0.05, 0) is 22.8 Å². The standard InChI is InChI=1S/C29H25NO9/c1-2-19(33)39-25-16-12-18(32)22(28(30)37)26(35)29(16,38)27(36)23-21(25)15(11-13-7-4-3-5-8-13)14-9-6-10-17(31)20(14)24(23)34/h3-11,16,21,25,31,34-35,38H,2,12H2,1H3,(H2,30,37)/b15-11+/t16-,21-,25-,29-/m1/s1. The predicted molar refractivity (Wildman–Crippen MR) is 138 cm³/mol. The number of rotatable bonds is 4. The highest BCUT2D eigenvalue weighted by Crippen LogP contribution is 2.56. The molecule has 3 aliphatic rings. The van der Waals surface area contributed by atoms with Crippen molar-refractivity contribution in [2.24, 2.45) is 17.6 Å². The van der Waals surface area contributed by atoms with Gasteiger partial charge in [0.25, 0.3) is 5.91 Å². The Morgan fingerprint density at radius 2 is 1.77 bits per heavy atom. The summed E-state index contributed by atoms with van der Waals surface area (Å²) >= 11 is 0. The number of Topliss-reactive ketones (excluding diaryl/α,β-unsaturated/α-hetero) is 2. The SMILES string of the molecule is CCC(=O)O[C@@H]1[C@H]2CC(=O)C(C(N)=O)=C(O)[C@@]2(O)C(=O)C2=C(O)c3c(O)cccc3/C(=C\c3ccccc3)[C@H]21. The Morgan fingerprint density at radius 3 is 2.41 bits per heavy atom. The zero-order chi connectivity index (χ0) is 28.2. The third kappa shape index (κ3) is 3.75. The lowest BCUT2D eigenvalue weighted by molar-refractivity contribution is -0.174. The highest BCUT2D eigenvalue weighted by Gasteiger charge is 2.66. The summed E-state index contributed by atoms with van der Waals surface area (Å²) in [6.45, 7) is 1.53. The number of nitrogens with two attached hydrogens (primary N) is 1. The van der Waals surface area contributed by atoms with Gasteiger partial charge in [0.15, 0.2) is 11.4 Å². The molecule has 6 N–H and O–H groups in total. The number of esters is 1. The number of ether oxygens (including phenoxy) is 1. The van der Waals surface area contributed by atoms with Crippen LogP contribution in [0.3, 0.4) is 0 Å². The second kappa shape index (κ2) is 9.25. The van der Waals surface area contributed by atoms with Crippen molar-refractivity contribution in [2.75, 3.05) is 0 Å². The lowest BCUT2D eigenvalue weighted by Gasteiger charge is -2.50. The van der Waals surface area contributed by atoms with Crippen LogP contribution in [0.4, 0.5) is 0 Å². The van der Waals surface area contributed by atoms with E-state index >= 15 is 0 Å². The molecule has 0 radical (unpaired) electrons. The van der Waals surface area contributed by atoms with Crippen LogP contribution < -0.4 is 5.73 Å². The van der Waals surface area contributed by atoms with Crippen molar-refractivity contribution in [3.63, 3.8) is 0 Å². The van der Waals surface area contributed by atoms with Crippen LogP contribution in [-0.2, 0) is 23.9 Å². The first-order valence-corrected chi connectivity index (χ1v) is 12.3. The van der Waals surface area contributed by atoms with Gasteiger partial charge < -0.3 is 30.9 Å². The van der Waals surface area contributed by atoms with Crippen molar-refractivity contribution in [3.05, 3.63) is 82.1 Å². The zero-order valence-electron chi connectivity index (χ0n) is 20.7. The molecule has 0 aromatic heterocycles. The minimum absolute atomic E-state index is 0.0925. The molecular weight excluding hydrogens is 506 g/mol. The summed E-state index contributed by atoms with van der Waals surface area (Å²) in [5.41, 5.74) is 2.22. The van der Waals surface area contributed by atoms with Gasteiger partial charge in [-0.3, -0.25) is 19.2 Å². The predicted octanol–water partition coefficient (Wildman–Crippen LogP) is 2.35. The van der Waals surface area contributed by atoms with Crippen LogP contribution in [0.15, 0.2) is 65.4 Å². The van der Waals surface area contributed by atoms with Gasteiger partial charge in [-0.2, -0.15) is 0 Å². The van der Waals surface area contributed by atoms with E-state index in [0.29, 0.717) is 16.7 Å². The summed E-state index contributed by atoms with van der Waals surface area (Å²) < 4.78 is 5.75. The third-order valence-electron chi connectivity index (χ3n) is 7.55. The highest BCUT2D eigenvalue weighted by atomic mass is 16.5. The number of carbonyl (C=O) groups is 4. The Bertz CT molecular complexity index is 1530. The van der Waals surface area contributed by atoms with E-state index < -0.39 is 76.1 Å². The number of phenols is 1. The molecule has 10 heteroatoms. The summed E-state index contributed by atoms with van der Waals surface area (Å²) in [5.74, 6) is -9.28. The third-order valence-corrected chi connectivity index (χ3v) is 7.55. The van der Waals surface area contributed by atoms with Crippen molar-refractivity contribution < 1.29 is 44.3 Å². The van der Waals surface area contributed by atoms with E-state index in [4.69, 9.17) is 10.5 Å². The van der Waals surface area contributed by atoms with E-state index in [2.05, 4.69) is 0 Å². The fraction of sp³-hybridized carbons (Fsp3) is 0.241. The fourth-order valence-corrected chi connectivity index (χ4v) is 5.78. The normalized spacial score (nSPS) is 27.1. The molecule has 5 rings (SSSR count). The van der Waals surface area contributed by atoms with Gasteiger partial charge in [0.05, 0.1) is 17.1 Å². The number of phenolic OH excluding ortho intramolecular Hbond substituents is 1. The lowest BCUT2D eigenvalue weighted by Crippen LogP contribution is -2.64. The molecule has 0 spiro atoms. The molecule has 1 amide bonds. The van der Waals surface area contributed by atoms with Crippen LogP contribution in [0.1, 0.15) is 36.5 Å². The van der Waals surface area contributed by atoms with E-state index in [1.807, 2.05) is 0 Å². The van der Waals surface area contributed by atoms with Gasteiger partial charge >= 0.3 is 5.97 Å². The van der Waals surface area contributed by atoms with Gasteiger partial charge in [0.2, 0.25) is 5.78 Å². The number of fused-ring (bicyclic) bond motifs is 3. The Morgan fingerprint density at radius 1 is 1.08 bits per heavy atom. The van der Waals surface area contributed by atoms with E-state index in [0.717, 1.165) is 0 Å². The van der Waals surface area contributed by atoms with Crippen LogP contribution in [0.5, 0.6) is 5.75 Å². The fourth-order valence-electron chi connectivity index (χ4n) is 5.78. The summed E-state index contributed by atoms with van der Waals surface area (Å²) in [6, 6.07) is 13.4. The molecule has 200 valence electrons. The monoisotopic (exact) mass is 531 g/mol. The molecular formula is C29H25NO9. The quantitative estimate of drug-likeness (QED) is 0.292. The first-order chi connectivity index (χ1) is 18.5. The molecule has 0 bridgehead atoms. The second-order valence-corrected chi connectivity index (χ2v) is 9.68. The Balaban J connectivity index is 1.87. The van der Waals surface area contributed by atoms with E-state index in [-0.39, 0.29) is 17.7 Å². The smallest absolute Gasteiger partial charge is 0.305 e. The molecule has 0 saturated heterocycles. The number of benzene rings is 2. The molecule has 0 aliphatic heterocycles. The zero-order valence-corrected chi connectivity index (χ0v) is 20.7. The summed E-state index contributed by atoms with van der Waals surface area (Å²) in [5, 5.41) is 44.8. The number of aliphatic hydroxyl groups is 3. The van der Waals surface area contributed by atoms with Crippen LogP contribution in [0.25, 0.3) is 17.4 Å². The van der Waals surface area contributed by atoms with E-state index in [1.165, 1.54) is 19.1 Å². The van der Waals surface area contributed by atoms with E-state index in [9.17, 15) is 39.6 Å². The molecule has 3 aliphatic carbocycles. The first-order valence-electron chi connectivity index (χ1n) is 12.3. The minimum Gasteiger partial charge on any atom is -0.508 e. The minimum atomic E-state index is -2.92. The maximum atomic E-state index is 14.1. The van der Waals surface area contributed by atoms with Crippen LogP contribution in [0, 0.1) is 11.8 Å². The molecule has 2 aromatic carbocycles. The summed E-state index contributed by atoms with van der Waals surface area (Å²) in [6.07, 6.45) is -0.495. The van der Waals surface area contributed by atoms with Crippen LogP contribution in [0.2, 0.25) is 0 Å². The Labute approximate surface area is 222 Å². The van der Waals surface area contributed by atoms with Crippen LogP contribution >= 0.6 is 0 Å². The Kier molecular flexibility index (Phi) is 6.15. The Hall–Kier alpha value is -4.70. The van der Waals surface area contributed by atoms with Crippen molar-refractivity contribution in [3.8, 4) is 5.75 Å². The van der Waals surface area contributed by atoms with E-state index in [1.54, 1.807) is 42.5 Å². The highest BCUT2D eigenvalue weighted by molar-refractivity contribution is 6.23. The molecule has 0 unspecified atom stereocenters. The number of hydrogen-bond donors (Lipinski definition) is 5. The molecule has 1 fully saturated rings. The molecule has 10 nitrogen and oxygen atoms in total. The van der Waals surface area contributed by atoms with Crippen molar-refractivity contribution >= 4 is 40.9 Å². The first kappa shape index (κ1) is 25.9. The van der Waals surface area contributed by atoms with Crippen molar-refractivity contribution in [1.29, 1.82) is 0 Å².